The summed E-state index contributed by atoms with van der Waals surface area (Å²) < 4.78 is 26.3. The van der Waals surface area contributed by atoms with Gasteiger partial charge in [0.15, 0.2) is 0 Å². The Morgan fingerprint density at radius 1 is 1.06 bits per heavy atom. The van der Waals surface area contributed by atoms with Gasteiger partial charge in [0.2, 0.25) is 21.8 Å². The van der Waals surface area contributed by atoms with Crippen LogP contribution < -0.4 is 9.62 Å². The zero-order valence-corrected chi connectivity index (χ0v) is 22.1. The number of hydrogen-bond donors (Lipinski definition) is 1. The Labute approximate surface area is 213 Å². The van der Waals surface area contributed by atoms with Gasteiger partial charge in [-0.25, -0.2) is 8.42 Å². The second kappa shape index (κ2) is 11.9. The van der Waals surface area contributed by atoms with Crippen LogP contribution in [0.3, 0.4) is 0 Å². The van der Waals surface area contributed by atoms with E-state index in [0.717, 1.165) is 47.4 Å². The maximum atomic E-state index is 13.6. The number of aryl methyl sites for hydroxylation is 1. The van der Waals surface area contributed by atoms with E-state index in [4.69, 9.17) is 11.6 Å². The molecule has 1 aliphatic carbocycles. The van der Waals surface area contributed by atoms with Crippen LogP contribution in [0.15, 0.2) is 48.5 Å². The van der Waals surface area contributed by atoms with E-state index in [1.165, 1.54) is 11.3 Å². The summed E-state index contributed by atoms with van der Waals surface area (Å²) in [6.07, 6.45) is 6.22. The normalized spacial score (nSPS) is 15.3. The molecular formula is C26H34ClN3O4S. The first-order chi connectivity index (χ1) is 16.6. The number of anilines is 1. The molecule has 1 saturated carbocycles. The zero-order chi connectivity index (χ0) is 25.6. The molecule has 35 heavy (non-hydrogen) atoms. The van der Waals surface area contributed by atoms with Crippen LogP contribution in [0.4, 0.5) is 5.69 Å². The summed E-state index contributed by atoms with van der Waals surface area (Å²) in [5.74, 6) is -0.715. The number of benzene rings is 2. The molecule has 0 saturated heterocycles. The number of sulfonamides is 1. The van der Waals surface area contributed by atoms with Crippen LogP contribution >= 0.6 is 11.6 Å². The van der Waals surface area contributed by atoms with E-state index in [1.54, 1.807) is 31.2 Å². The van der Waals surface area contributed by atoms with Crippen molar-refractivity contribution in [2.24, 2.45) is 0 Å². The average molecular weight is 520 g/mol. The van der Waals surface area contributed by atoms with Gasteiger partial charge in [0.05, 0.1) is 17.0 Å². The summed E-state index contributed by atoms with van der Waals surface area (Å²) >= 11 is 6.26. The predicted octanol–water partition coefficient (Wildman–Crippen LogP) is 4.28. The third-order valence-electron chi connectivity index (χ3n) is 6.52. The van der Waals surface area contributed by atoms with Crippen LogP contribution in [0.25, 0.3) is 0 Å². The van der Waals surface area contributed by atoms with Crippen molar-refractivity contribution in [3.63, 3.8) is 0 Å². The fraction of sp³-hybridized carbons (Fsp3) is 0.462. The Morgan fingerprint density at radius 2 is 1.69 bits per heavy atom. The Morgan fingerprint density at radius 3 is 2.31 bits per heavy atom. The first-order valence-corrected chi connectivity index (χ1v) is 14.2. The Hall–Kier alpha value is -2.58. The van der Waals surface area contributed by atoms with Gasteiger partial charge in [0.1, 0.15) is 12.6 Å². The molecule has 1 fully saturated rings. The standard InChI is InChI=1S/C26H34ClN3O4S/c1-19-11-7-8-12-21(19)17-29(20(2)26(32)28-22-13-5-4-6-14-22)25(31)18-30(35(3,33)34)24-16-10-9-15-23(24)27/h7-12,15-16,20,22H,4-6,13-14,17-18H2,1-3H3,(H,28,32)/t20-/m1/s1. The first-order valence-electron chi connectivity index (χ1n) is 11.9. The van der Waals surface area contributed by atoms with Crippen LogP contribution in [-0.2, 0) is 26.2 Å². The SMILES string of the molecule is Cc1ccccc1CN(C(=O)CN(c1ccccc1Cl)S(C)(=O)=O)[C@H](C)C(=O)NC1CCCCC1. The van der Waals surface area contributed by atoms with Gasteiger partial charge < -0.3 is 10.2 Å². The van der Waals surface area contributed by atoms with Crippen LogP contribution in [0.2, 0.25) is 5.02 Å². The fourth-order valence-corrected chi connectivity index (χ4v) is 5.52. The van der Waals surface area contributed by atoms with Gasteiger partial charge in [-0.05, 0) is 49.9 Å². The summed E-state index contributed by atoms with van der Waals surface area (Å²) in [5.41, 5.74) is 2.10. The highest BCUT2D eigenvalue weighted by Gasteiger charge is 2.31. The molecule has 3 rings (SSSR count). The topological polar surface area (TPSA) is 86.8 Å². The van der Waals surface area contributed by atoms with Crippen LogP contribution in [0.5, 0.6) is 0 Å². The molecule has 1 N–H and O–H groups in total. The van der Waals surface area contributed by atoms with E-state index in [-0.39, 0.29) is 29.2 Å². The highest BCUT2D eigenvalue weighted by Crippen LogP contribution is 2.27. The van der Waals surface area contributed by atoms with Crippen molar-refractivity contribution in [2.75, 3.05) is 17.1 Å². The second-order valence-corrected chi connectivity index (χ2v) is 11.5. The number of para-hydroxylation sites is 1. The van der Waals surface area contributed by atoms with Crippen molar-refractivity contribution in [3.05, 3.63) is 64.7 Å². The number of carbonyl (C=O) groups excluding carboxylic acids is 2. The lowest BCUT2D eigenvalue weighted by Gasteiger charge is -2.33. The molecule has 0 unspecified atom stereocenters. The van der Waals surface area contributed by atoms with Gasteiger partial charge in [-0.15, -0.1) is 0 Å². The maximum absolute atomic E-state index is 13.6. The molecule has 190 valence electrons. The molecule has 2 aromatic rings. The summed E-state index contributed by atoms with van der Waals surface area (Å²) in [6.45, 7) is 3.35. The molecule has 7 nitrogen and oxygen atoms in total. The van der Waals surface area contributed by atoms with E-state index in [0.29, 0.717) is 0 Å². The van der Waals surface area contributed by atoms with Crippen molar-refractivity contribution in [3.8, 4) is 0 Å². The quantitative estimate of drug-likeness (QED) is 0.535. The minimum atomic E-state index is -3.82. The Bertz CT molecular complexity index is 1150. The predicted molar refractivity (Wildman–Crippen MR) is 140 cm³/mol. The minimum Gasteiger partial charge on any atom is -0.352 e. The molecule has 0 spiro atoms. The molecule has 1 atom stereocenters. The van der Waals surface area contributed by atoms with Crippen molar-refractivity contribution in [1.29, 1.82) is 0 Å². The smallest absolute Gasteiger partial charge is 0.244 e. The molecule has 0 radical (unpaired) electrons. The van der Waals surface area contributed by atoms with E-state index in [1.807, 2.05) is 31.2 Å². The van der Waals surface area contributed by atoms with Crippen molar-refractivity contribution < 1.29 is 18.0 Å². The second-order valence-electron chi connectivity index (χ2n) is 9.19. The van der Waals surface area contributed by atoms with Crippen molar-refractivity contribution >= 4 is 39.1 Å². The molecule has 0 bridgehead atoms. The Kier molecular flexibility index (Phi) is 9.19. The van der Waals surface area contributed by atoms with Crippen LogP contribution in [0, 0.1) is 6.92 Å². The fourth-order valence-electron chi connectivity index (χ4n) is 4.37. The number of amides is 2. The van der Waals surface area contributed by atoms with Crippen molar-refractivity contribution in [2.45, 2.75) is 64.6 Å². The zero-order valence-electron chi connectivity index (χ0n) is 20.5. The van der Waals surface area contributed by atoms with Crippen molar-refractivity contribution in [1.82, 2.24) is 10.2 Å². The molecule has 2 amide bonds. The average Bonchev–Trinajstić information content (AvgIpc) is 2.82. The Balaban J connectivity index is 1.89. The lowest BCUT2D eigenvalue weighted by Crippen LogP contribution is -2.53. The molecule has 1 aliphatic rings. The van der Waals surface area contributed by atoms with E-state index in [9.17, 15) is 18.0 Å². The number of halogens is 1. The monoisotopic (exact) mass is 519 g/mol. The number of hydrogen-bond acceptors (Lipinski definition) is 4. The van der Waals surface area contributed by atoms with E-state index >= 15 is 0 Å². The van der Waals surface area contributed by atoms with Gasteiger partial charge in [-0.2, -0.15) is 0 Å². The molecule has 2 aromatic carbocycles. The highest BCUT2D eigenvalue weighted by atomic mass is 35.5. The summed E-state index contributed by atoms with van der Waals surface area (Å²) in [4.78, 5) is 28.3. The lowest BCUT2D eigenvalue weighted by molar-refractivity contribution is -0.139. The third-order valence-corrected chi connectivity index (χ3v) is 7.97. The number of nitrogens with one attached hydrogen (secondary N) is 1. The third kappa shape index (κ3) is 7.21. The maximum Gasteiger partial charge on any atom is 0.244 e. The minimum absolute atomic E-state index is 0.102. The molecule has 0 aromatic heterocycles. The highest BCUT2D eigenvalue weighted by molar-refractivity contribution is 7.92. The number of nitrogens with zero attached hydrogens (tertiary/aromatic N) is 2. The van der Waals surface area contributed by atoms with Gasteiger partial charge in [-0.3, -0.25) is 13.9 Å². The van der Waals surface area contributed by atoms with E-state index in [2.05, 4.69) is 5.32 Å². The van der Waals surface area contributed by atoms with Gasteiger partial charge in [0, 0.05) is 12.6 Å². The molecular weight excluding hydrogens is 486 g/mol. The van der Waals surface area contributed by atoms with Crippen LogP contribution in [-0.4, -0.2) is 50.0 Å². The van der Waals surface area contributed by atoms with Gasteiger partial charge in [-0.1, -0.05) is 67.3 Å². The summed E-state index contributed by atoms with van der Waals surface area (Å²) in [6, 6.07) is 13.4. The largest absolute Gasteiger partial charge is 0.352 e. The number of carbonyl (C=O) groups is 2. The summed E-state index contributed by atoms with van der Waals surface area (Å²) in [7, 11) is -3.82. The summed E-state index contributed by atoms with van der Waals surface area (Å²) in [5, 5.41) is 3.31. The number of rotatable bonds is 9. The molecule has 9 heteroatoms. The first kappa shape index (κ1) is 27.0. The van der Waals surface area contributed by atoms with Gasteiger partial charge >= 0.3 is 0 Å². The molecule has 0 heterocycles. The van der Waals surface area contributed by atoms with Gasteiger partial charge in [0.25, 0.3) is 0 Å². The van der Waals surface area contributed by atoms with E-state index < -0.39 is 28.5 Å². The lowest BCUT2D eigenvalue weighted by atomic mass is 9.95. The van der Waals surface area contributed by atoms with Crippen LogP contribution in [0.1, 0.15) is 50.2 Å². The molecule has 0 aliphatic heterocycles.